The van der Waals surface area contributed by atoms with Gasteiger partial charge in [0.15, 0.2) is 0 Å². The highest BCUT2D eigenvalue weighted by Crippen LogP contribution is 2.28. The number of aromatic nitrogens is 4. The minimum atomic E-state index is 0.0203. The second-order valence-corrected chi connectivity index (χ2v) is 6.11. The fourth-order valence-corrected chi connectivity index (χ4v) is 2.22. The summed E-state index contributed by atoms with van der Waals surface area (Å²) in [6.45, 7) is 12.5. The summed E-state index contributed by atoms with van der Waals surface area (Å²) in [5, 5.41) is 4.46. The molecular formula is C15H22N4. The first-order chi connectivity index (χ1) is 8.70. The third-order valence-corrected chi connectivity index (χ3v) is 3.37. The van der Waals surface area contributed by atoms with Gasteiger partial charge in [-0.25, -0.2) is 9.97 Å². The molecule has 0 unspecified atom stereocenters. The lowest BCUT2D eigenvalue weighted by Crippen LogP contribution is -2.15. The lowest BCUT2D eigenvalue weighted by atomic mass is 9.91. The Labute approximate surface area is 114 Å². The van der Waals surface area contributed by atoms with Crippen molar-refractivity contribution in [2.24, 2.45) is 7.05 Å². The zero-order valence-electron chi connectivity index (χ0n) is 12.9. The van der Waals surface area contributed by atoms with Gasteiger partial charge in [0.05, 0.1) is 17.1 Å². The van der Waals surface area contributed by atoms with Gasteiger partial charge in [-0.3, -0.25) is 4.68 Å². The molecule has 2 aromatic heterocycles. The Balaban J connectivity index is 2.66. The van der Waals surface area contributed by atoms with Crippen molar-refractivity contribution in [1.82, 2.24) is 19.7 Å². The zero-order chi connectivity index (χ0) is 14.4. The van der Waals surface area contributed by atoms with Crippen molar-refractivity contribution in [2.75, 3.05) is 0 Å². The van der Waals surface area contributed by atoms with Crippen LogP contribution in [0.5, 0.6) is 0 Å². The van der Waals surface area contributed by atoms with Crippen LogP contribution in [-0.4, -0.2) is 19.7 Å². The Hall–Kier alpha value is -1.71. The minimum Gasteiger partial charge on any atom is -0.272 e. The summed E-state index contributed by atoms with van der Waals surface area (Å²) >= 11 is 0. The van der Waals surface area contributed by atoms with Crippen molar-refractivity contribution < 1.29 is 0 Å². The first kappa shape index (κ1) is 13.7. The molecule has 2 aromatic rings. The fraction of sp³-hybridized carbons (Fsp3) is 0.533. The number of rotatable bonds is 1. The van der Waals surface area contributed by atoms with Gasteiger partial charge >= 0.3 is 0 Å². The summed E-state index contributed by atoms with van der Waals surface area (Å²) in [6.07, 6.45) is 0. The molecule has 0 N–H and O–H groups in total. The van der Waals surface area contributed by atoms with Crippen molar-refractivity contribution in [3.05, 3.63) is 29.0 Å². The maximum Gasteiger partial charge on any atom is 0.126 e. The van der Waals surface area contributed by atoms with E-state index in [-0.39, 0.29) is 5.41 Å². The van der Waals surface area contributed by atoms with Gasteiger partial charge in [0, 0.05) is 23.7 Å². The molecule has 19 heavy (non-hydrogen) atoms. The third kappa shape index (κ3) is 2.53. The highest BCUT2D eigenvalue weighted by molar-refractivity contribution is 5.65. The summed E-state index contributed by atoms with van der Waals surface area (Å²) in [7, 11) is 1.96. The average Bonchev–Trinajstić information content (AvgIpc) is 2.51. The molecule has 0 radical (unpaired) electrons. The highest BCUT2D eigenvalue weighted by Gasteiger charge is 2.20. The van der Waals surface area contributed by atoms with Crippen molar-refractivity contribution >= 4 is 0 Å². The second kappa shape index (κ2) is 4.44. The van der Waals surface area contributed by atoms with E-state index in [1.165, 1.54) is 0 Å². The molecule has 0 saturated heterocycles. The van der Waals surface area contributed by atoms with Crippen LogP contribution < -0.4 is 0 Å². The minimum absolute atomic E-state index is 0.0203. The topological polar surface area (TPSA) is 43.6 Å². The lowest BCUT2D eigenvalue weighted by Gasteiger charge is -2.19. The first-order valence-corrected chi connectivity index (χ1v) is 6.57. The van der Waals surface area contributed by atoms with Crippen LogP contribution in [0.25, 0.3) is 11.3 Å². The van der Waals surface area contributed by atoms with Crippen LogP contribution in [0.3, 0.4) is 0 Å². The van der Waals surface area contributed by atoms with Crippen LogP contribution in [-0.2, 0) is 12.5 Å². The molecule has 0 aliphatic carbocycles. The number of aryl methyl sites for hydroxylation is 3. The summed E-state index contributed by atoms with van der Waals surface area (Å²) in [5.41, 5.74) is 5.33. The molecule has 0 aliphatic heterocycles. The number of nitrogens with zero attached hydrogens (tertiary/aromatic N) is 4. The Bertz CT molecular complexity index is 618. The average molecular weight is 258 g/mol. The van der Waals surface area contributed by atoms with E-state index in [1.54, 1.807) is 0 Å². The van der Waals surface area contributed by atoms with Crippen LogP contribution in [0.1, 0.15) is 43.7 Å². The molecule has 4 nitrogen and oxygen atoms in total. The van der Waals surface area contributed by atoms with Gasteiger partial charge in [-0.2, -0.15) is 5.10 Å². The molecule has 0 atom stereocenters. The molecule has 102 valence electrons. The summed E-state index contributed by atoms with van der Waals surface area (Å²) in [6, 6.07) is 2.09. The van der Waals surface area contributed by atoms with Crippen molar-refractivity contribution in [2.45, 2.75) is 47.0 Å². The Kier molecular flexibility index (Phi) is 3.20. The van der Waals surface area contributed by atoms with E-state index in [4.69, 9.17) is 0 Å². The van der Waals surface area contributed by atoms with Crippen LogP contribution in [0.4, 0.5) is 0 Å². The van der Waals surface area contributed by atoms with Crippen LogP contribution in [0.2, 0.25) is 0 Å². The zero-order valence-corrected chi connectivity index (χ0v) is 12.9. The van der Waals surface area contributed by atoms with Crippen molar-refractivity contribution in [1.29, 1.82) is 0 Å². The summed E-state index contributed by atoms with van der Waals surface area (Å²) in [4.78, 5) is 9.15. The molecule has 2 heterocycles. The smallest absolute Gasteiger partial charge is 0.126 e. The highest BCUT2D eigenvalue weighted by atomic mass is 15.3. The molecule has 2 rings (SSSR count). The quantitative estimate of drug-likeness (QED) is 0.789. The molecule has 0 aromatic carbocycles. The van der Waals surface area contributed by atoms with Gasteiger partial charge < -0.3 is 0 Å². The third-order valence-electron chi connectivity index (χ3n) is 3.37. The van der Waals surface area contributed by atoms with Gasteiger partial charge in [-0.15, -0.1) is 0 Å². The normalized spacial score (nSPS) is 11.9. The summed E-state index contributed by atoms with van der Waals surface area (Å²) in [5.74, 6) is 0.810. The SMILES string of the molecule is Cc1nc(-c2c(C)nn(C)c2C)cc(C(C)(C)C)n1. The maximum atomic E-state index is 4.59. The van der Waals surface area contributed by atoms with E-state index in [0.717, 1.165) is 34.2 Å². The molecule has 0 amide bonds. The lowest BCUT2D eigenvalue weighted by molar-refractivity contribution is 0.564. The van der Waals surface area contributed by atoms with Gasteiger partial charge in [-0.1, -0.05) is 20.8 Å². The van der Waals surface area contributed by atoms with Crippen LogP contribution in [0, 0.1) is 20.8 Å². The van der Waals surface area contributed by atoms with Crippen molar-refractivity contribution in [3.63, 3.8) is 0 Å². The van der Waals surface area contributed by atoms with Crippen LogP contribution >= 0.6 is 0 Å². The van der Waals surface area contributed by atoms with E-state index >= 15 is 0 Å². The van der Waals surface area contributed by atoms with Gasteiger partial charge in [0.2, 0.25) is 0 Å². The molecule has 0 fully saturated rings. The molecule has 0 aliphatic rings. The number of hydrogen-bond acceptors (Lipinski definition) is 3. The van der Waals surface area contributed by atoms with E-state index < -0.39 is 0 Å². The monoisotopic (exact) mass is 258 g/mol. The van der Waals surface area contributed by atoms with Gasteiger partial charge in [-0.05, 0) is 26.8 Å². The van der Waals surface area contributed by atoms with Crippen LogP contribution in [0.15, 0.2) is 6.07 Å². The number of hydrogen-bond donors (Lipinski definition) is 0. The van der Waals surface area contributed by atoms with E-state index in [2.05, 4.69) is 48.8 Å². The predicted molar refractivity (Wildman–Crippen MR) is 77.1 cm³/mol. The Morgan fingerprint density at radius 3 is 2.16 bits per heavy atom. The standard InChI is InChI=1S/C15H22N4/c1-9-14(10(2)19(7)18-9)12-8-13(15(4,5)6)17-11(3)16-12/h8H,1-7H3. The maximum absolute atomic E-state index is 4.59. The molecule has 0 saturated carbocycles. The Morgan fingerprint density at radius 2 is 1.68 bits per heavy atom. The Morgan fingerprint density at radius 1 is 1.05 bits per heavy atom. The van der Waals surface area contributed by atoms with E-state index in [0.29, 0.717) is 0 Å². The first-order valence-electron chi connectivity index (χ1n) is 6.57. The summed E-state index contributed by atoms with van der Waals surface area (Å²) < 4.78 is 1.90. The van der Waals surface area contributed by atoms with Gasteiger partial charge in [0.25, 0.3) is 0 Å². The fourth-order valence-electron chi connectivity index (χ4n) is 2.22. The predicted octanol–water partition coefficient (Wildman–Crippen LogP) is 3.10. The molecular weight excluding hydrogens is 236 g/mol. The largest absolute Gasteiger partial charge is 0.272 e. The van der Waals surface area contributed by atoms with Crippen molar-refractivity contribution in [3.8, 4) is 11.3 Å². The second-order valence-electron chi connectivity index (χ2n) is 6.11. The molecule has 4 heteroatoms. The molecule has 0 spiro atoms. The van der Waals surface area contributed by atoms with E-state index in [9.17, 15) is 0 Å². The van der Waals surface area contributed by atoms with E-state index in [1.807, 2.05) is 25.6 Å². The molecule has 0 bridgehead atoms. The van der Waals surface area contributed by atoms with Gasteiger partial charge in [0.1, 0.15) is 5.82 Å².